The Hall–Kier alpha value is -2.88. The average molecular weight is 427 g/mol. The second-order valence-corrected chi connectivity index (χ2v) is 8.34. The highest BCUT2D eigenvalue weighted by molar-refractivity contribution is 7.92. The molecule has 2 aromatic carbocycles. The predicted molar refractivity (Wildman–Crippen MR) is 105 cm³/mol. The Balaban J connectivity index is 2.17. The maximum Gasteiger partial charge on any atom is 0.417 e. The van der Waals surface area contributed by atoms with Gasteiger partial charge in [0, 0.05) is 5.56 Å². The number of halogens is 3. The van der Waals surface area contributed by atoms with E-state index in [1.54, 1.807) is 25.1 Å². The van der Waals surface area contributed by atoms with Crippen LogP contribution < -0.4 is 9.73 Å². The summed E-state index contributed by atoms with van der Waals surface area (Å²) in [6.07, 6.45) is -2.74. The zero-order valence-corrected chi connectivity index (χ0v) is 16.8. The van der Waals surface area contributed by atoms with Crippen LogP contribution in [0.25, 0.3) is 0 Å². The van der Waals surface area contributed by atoms with E-state index in [-0.39, 0.29) is 5.56 Å². The minimum atomic E-state index is -4.57. The summed E-state index contributed by atoms with van der Waals surface area (Å²) in [6.45, 7) is 2.99. The highest BCUT2D eigenvalue weighted by atomic mass is 32.2. The van der Waals surface area contributed by atoms with Crippen LogP contribution in [0.2, 0.25) is 0 Å². The fourth-order valence-electron chi connectivity index (χ4n) is 2.67. The third kappa shape index (κ3) is 6.05. The van der Waals surface area contributed by atoms with E-state index in [2.05, 4.69) is 10.5 Å². The summed E-state index contributed by atoms with van der Waals surface area (Å²) in [5.41, 5.74) is 2.86. The predicted octanol–water partition coefficient (Wildman–Crippen LogP) is 3.24. The first-order valence-corrected chi connectivity index (χ1v) is 10.3. The summed E-state index contributed by atoms with van der Waals surface area (Å²) >= 11 is 0. The molecule has 1 amide bonds. The first-order chi connectivity index (χ1) is 13.4. The number of benzene rings is 2. The number of hydrazone groups is 1. The van der Waals surface area contributed by atoms with E-state index >= 15 is 0 Å². The number of nitrogens with one attached hydrogen (secondary N) is 1. The Kier molecular flexibility index (Phi) is 6.68. The number of nitrogens with zero attached hydrogens (tertiary/aromatic N) is 2. The zero-order chi connectivity index (χ0) is 21.8. The molecule has 0 fully saturated rings. The van der Waals surface area contributed by atoms with E-state index in [1.165, 1.54) is 18.2 Å². The molecule has 0 heterocycles. The Bertz CT molecular complexity index is 1030. The number of anilines is 1. The number of alkyl halides is 3. The third-order valence-electron chi connectivity index (χ3n) is 3.97. The largest absolute Gasteiger partial charge is 0.417 e. The number of aryl methyl sites for hydroxylation is 2. The highest BCUT2D eigenvalue weighted by Crippen LogP contribution is 2.31. The molecule has 2 rings (SSSR count). The molecule has 0 saturated heterocycles. The van der Waals surface area contributed by atoms with Gasteiger partial charge in [-0.3, -0.25) is 9.10 Å². The van der Waals surface area contributed by atoms with Crippen molar-refractivity contribution < 1.29 is 26.4 Å². The van der Waals surface area contributed by atoms with Crippen molar-refractivity contribution in [1.82, 2.24) is 5.43 Å². The molecule has 6 nitrogen and oxygen atoms in total. The summed E-state index contributed by atoms with van der Waals surface area (Å²) in [5.74, 6) is -0.795. The van der Waals surface area contributed by atoms with Crippen molar-refractivity contribution in [1.29, 1.82) is 0 Å². The number of carbonyl (C=O) groups excluding carboxylic acids is 1. The fraction of sp³-hybridized carbons (Fsp3) is 0.263. The van der Waals surface area contributed by atoms with Gasteiger partial charge in [-0.15, -0.1) is 0 Å². The minimum absolute atomic E-state index is 0.227. The van der Waals surface area contributed by atoms with E-state index in [0.717, 1.165) is 28.4 Å². The molecular formula is C19H20F3N3O3S. The van der Waals surface area contributed by atoms with Crippen molar-refractivity contribution in [3.05, 3.63) is 64.7 Å². The molecule has 0 aliphatic rings. The van der Waals surface area contributed by atoms with Crippen molar-refractivity contribution in [2.75, 3.05) is 17.1 Å². The third-order valence-corrected chi connectivity index (χ3v) is 5.09. The molecule has 0 aliphatic carbocycles. The Labute approximate surface area is 167 Å². The van der Waals surface area contributed by atoms with Crippen LogP contribution in [0.4, 0.5) is 18.9 Å². The molecule has 29 heavy (non-hydrogen) atoms. The molecule has 156 valence electrons. The summed E-state index contributed by atoms with van der Waals surface area (Å²) in [4.78, 5) is 12.2. The van der Waals surface area contributed by atoms with Crippen LogP contribution in [0.3, 0.4) is 0 Å². The Morgan fingerprint density at radius 2 is 1.83 bits per heavy atom. The molecule has 0 saturated carbocycles. The van der Waals surface area contributed by atoms with Crippen LogP contribution in [-0.4, -0.2) is 33.3 Å². The van der Waals surface area contributed by atoms with E-state index in [9.17, 15) is 26.4 Å². The van der Waals surface area contributed by atoms with Gasteiger partial charge in [0.05, 0.1) is 23.7 Å². The molecule has 1 N–H and O–H groups in total. The van der Waals surface area contributed by atoms with Gasteiger partial charge in [0.25, 0.3) is 5.91 Å². The lowest BCUT2D eigenvalue weighted by atomic mass is 10.1. The SMILES string of the molecule is Cc1ccc(N(CC(=O)N/N=C\c2ccccc2C(F)(F)F)S(C)(=O)=O)c(C)c1. The maximum absolute atomic E-state index is 13.0. The van der Waals surface area contributed by atoms with Crippen molar-refractivity contribution in [2.45, 2.75) is 20.0 Å². The van der Waals surface area contributed by atoms with Gasteiger partial charge in [0.2, 0.25) is 10.0 Å². The Morgan fingerprint density at radius 3 is 2.41 bits per heavy atom. The van der Waals surface area contributed by atoms with Crippen molar-refractivity contribution in [3.8, 4) is 0 Å². The lowest BCUT2D eigenvalue weighted by Gasteiger charge is -2.23. The van der Waals surface area contributed by atoms with Crippen LogP contribution in [0, 0.1) is 13.8 Å². The molecule has 0 atom stereocenters. The lowest BCUT2D eigenvalue weighted by Crippen LogP contribution is -2.39. The van der Waals surface area contributed by atoms with Gasteiger partial charge in [-0.05, 0) is 31.5 Å². The quantitative estimate of drug-likeness (QED) is 0.568. The molecule has 10 heteroatoms. The van der Waals surface area contributed by atoms with Crippen LogP contribution in [0.15, 0.2) is 47.6 Å². The first-order valence-electron chi connectivity index (χ1n) is 8.42. The summed E-state index contributed by atoms with van der Waals surface area (Å²) in [5, 5.41) is 3.53. The molecular weight excluding hydrogens is 407 g/mol. The second kappa shape index (κ2) is 8.64. The van der Waals surface area contributed by atoms with E-state index in [1.807, 2.05) is 6.92 Å². The molecule has 0 unspecified atom stereocenters. The van der Waals surface area contributed by atoms with Crippen molar-refractivity contribution in [3.63, 3.8) is 0 Å². The van der Waals surface area contributed by atoms with E-state index < -0.39 is 34.2 Å². The smallest absolute Gasteiger partial charge is 0.271 e. The van der Waals surface area contributed by atoms with Crippen LogP contribution in [-0.2, 0) is 21.0 Å². The molecule has 0 aliphatic heterocycles. The molecule has 0 aromatic heterocycles. The number of amides is 1. The summed E-state index contributed by atoms with van der Waals surface area (Å²) in [6, 6.07) is 9.83. The number of rotatable bonds is 6. The first kappa shape index (κ1) is 22.4. The van der Waals surface area contributed by atoms with Crippen molar-refractivity contribution in [2.24, 2.45) is 5.10 Å². The molecule has 0 spiro atoms. The number of hydrogen-bond acceptors (Lipinski definition) is 4. The zero-order valence-electron chi connectivity index (χ0n) is 16.0. The number of carbonyl (C=O) groups is 1. The normalized spacial score (nSPS) is 12.2. The van der Waals surface area contributed by atoms with Crippen molar-refractivity contribution >= 4 is 27.8 Å². The van der Waals surface area contributed by atoms with E-state index in [4.69, 9.17) is 0 Å². The summed E-state index contributed by atoms with van der Waals surface area (Å²) in [7, 11) is -3.78. The van der Waals surface area contributed by atoms with Gasteiger partial charge in [-0.1, -0.05) is 35.9 Å². The minimum Gasteiger partial charge on any atom is -0.271 e. The van der Waals surface area contributed by atoms with Gasteiger partial charge in [-0.2, -0.15) is 18.3 Å². The monoisotopic (exact) mass is 427 g/mol. The standard InChI is InChI=1S/C19H20F3N3O3S/c1-13-8-9-17(14(2)10-13)25(29(3,27)28)12-18(26)24-23-11-15-6-4-5-7-16(15)19(20,21)22/h4-11H,12H2,1-3H3,(H,24,26)/b23-11-. The molecule has 0 bridgehead atoms. The summed E-state index contributed by atoms with van der Waals surface area (Å²) < 4.78 is 64.1. The second-order valence-electron chi connectivity index (χ2n) is 6.44. The number of sulfonamides is 1. The maximum atomic E-state index is 13.0. The van der Waals surface area contributed by atoms with Gasteiger partial charge in [-0.25, -0.2) is 13.8 Å². The molecule has 0 radical (unpaired) electrons. The highest BCUT2D eigenvalue weighted by Gasteiger charge is 2.32. The van der Waals surface area contributed by atoms with Gasteiger partial charge in [0.1, 0.15) is 6.54 Å². The van der Waals surface area contributed by atoms with Crippen LogP contribution >= 0.6 is 0 Å². The topological polar surface area (TPSA) is 78.8 Å². The number of hydrogen-bond donors (Lipinski definition) is 1. The van der Waals surface area contributed by atoms with E-state index in [0.29, 0.717) is 11.3 Å². The fourth-order valence-corrected chi connectivity index (χ4v) is 3.59. The Morgan fingerprint density at radius 1 is 1.17 bits per heavy atom. The average Bonchev–Trinajstić information content (AvgIpc) is 2.59. The van der Waals surface area contributed by atoms with Crippen LogP contribution in [0.5, 0.6) is 0 Å². The van der Waals surface area contributed by atoms with Gasteiger partial charge in [0.15, 0.2) is 0 Å². The lowest BCUT2D eigenvalue weighted by molar-refractivity contribution is -0.137. The van der Waals surface area contributed by atoms with Gasteiger partial charge >= 0.3 is 6.18 Å². The molecule has 2 aromatic rings. The van der Waals surface area contributed by atoms with Gasteiger partial charge < -0.3 is 0 Å². The van der Waals surface area contributed by atoms with Crippen LogP contribution in [0.1, 0.15) is 22.3 Å².